The third kappa shape index (κ3) is 6.58. The Bertz CT molecular complexity index is 1310. The summed E-state index contributed by atoms with van der Waals surface area (Å²) in [7, 11) is 0. The Morgan fingerprint density at radius 3 is 2.55 bits per heavy atom. The maximum absolute atomic E-state index is 12.7. The van der Waals surface area contributed by atoms with Crippen LogP contribution in [-0.4, -0.2) is 42.3 Å². The van der Waals surface area contributed by atoms with E-state index in [1.165, 1.54) is 11.1 Å². The molecule has 2 aromatic rings. The van der Waals surface area contributed by atoms with Gasteiger partial charge in [-0.05, 0) is 91.7 Å². The van der Waals surface area contributed by atoms with Crippen molar-refractivity contribution in [2.75, 3.05) is 13.2 Å². The molecule has 10 heteroatoms. The van der Waals surface area contributed by atoms with Gasteiger partial charge in [0, 0.05) is 11.8 Å². The summed E-state index contributed by atoms with van der Waals surface area (Å²) in [6.45, 7) is 2.10. The minimum absolute atomic E-state index is 0.00404. The van der Waals surface area contributed by atoms with E-state index < -0.39 is 17.0 Å². The molecule has 0 saturated heterocycles. The molecule has 3 aliphatic carbocycles. The zero-order valence-corrected chi connectivity index (χ0v) is 23.8. The molecule has 5 atom stereocenters. The van der Waals surface area contributed by atoms with E-state index in [-0.39, 0.29) is 50.0 Å². The molecule has 0 N–H and O–H groups in total. The van der Waals surface area contributed by atoms with E-state index in [9.17, 15) is 24.5 Å². The fourth-order valence-electron chi connectivity index (χ4n) is 7.39. The minimum Gasteiger partial charge on any atom is -0.466 e. The second kappa shape index (κ2) is 12.9. The van der Waals surface area contributed by atoms with Gasteiger partial charge in [0.25, 0.3) is 5.09 Å². The van der Waals surface area contributed by atoms with Crippen LogP contribution in [0.15, 0.2) is 48.5 Å². The molecule has 0 bridgehead atoms. The van der Waals surface area contributed by atoms with Crippen molar-refractivity contribution in [2.24, 2.45) is 17.3 Å². The number of carbonyl (C=O) groups is 3. The van der Waals surface area contributed by atoms with Crippen LogP contribution in [0.4, 0.5) is 0 Å². The smallest absolute Gasteiger partial charge is 0.343 e. The Morgan fingerprint density at radius 2 is 1.76 bits per heavy atom. The molecule has 0 amide bonds. The van der Waals surface area contributed by atoms with Gasteiger partial charge in [-0.2, -0.15) is 0 Å². The number of ether oxygens (including phenoxy) is 3. The maximum atomic E-state index is 12.7. The highest BCUT2D eigenvalue weighted by Gasteiger charge is 2.56. The molecular weight excluding hydrogens is 542 g/mol. The molecule has 0 heterocycles. The van der Waals surface area contributed by atoms with Gasteiger partial charge in [-0.1, -0.05) is 31.2 Å². The van der Waals surface area contributed by atoms with Crippen molar-refractivity contribution in [3.63, 3.8) is 0 Å². The van der Waals surface area contributed by atoms with Crippen molar-refractivity contribution in [3.05, 3.63) is 75.3 Å². The zero-order chi connectivity index (χ0) is 29.7. The molecular formula is C32H37NO9. The average molecular weight is 580 g/mol. The number of carbonyl (C=O) groups excluding carboxylic acids is 3. The quantitative estimate of drug-likeness (QED) is 0.110. The second-order valence-corrected chi connectivity index (χ2v) is 11.8. The van der Waals surface area contributed by atoms with Gasteiger partial charge in [0.1, 0.15) is 11.9 Å². The normalized spacial score (nSPS) is 25.7. The summed E-state index contributed by atoms with van der Waals surface area (Å²) >= 11 is 0. The third-order valence-electron chi connectivity index (χ3n) is 9.39. The molecule has 2 fully saturated rings. The van der Waals surface area contributed by atoms with Gasteiger partial charge >= 0.3 is 17.9 Å². The molecule has 0 aromatic heterocycles. The van der Waals surface area contributed by atoms with E-state index in [1.807, 2.05) is 30.3 Å². The van der Waals surface area contributed by atoms with E-state index in [0.29, 0.717) is 29.1 Å². The van der Waals surface area contributed by atoms with Crippen LogP contribution in [0.5, 0.6) is 5.75 Å². The molecule has 0 unspecified atom stereocenters. The number of hydrogen-bond acceptors (Lipinski definition) is 9. The van der Waals surface area contributed by atoms with Gasteiger partial charge < -0.3 is 19.0 Å². The van der Waals surface area contributed by atoms with E-state index in [2.05, 4.69) is 17.8 Å². The van der Waals surface area contributed by atoms with E-state index in [0.717, 1.165) is 38.5 Å². The lowest BCUT2D eigenvalue weighted by atomic mass is 9.55. The van der Waals surface area contributed by atoms with Crippen molar-refractivity contribution < 1.29 is 38.5 Å². The summed E-state index contributed by atoms with van der Waals surface area (Å²) < 4.78 is 16.6. The average Bonchev–Trinajstić information content (AvgIpc) is 3.31. The van der Waals surface area contributed by atoms with Crippen LogP contribution < -0.4 is 4.74 Å². The topological polar surface area (TPSA) is 131 Å². The van der Waals surface area contributed by atoms with E-state index in [1.54, 1.807) is 12.1 Å². The van der Waals surface area contributed by atoms with Gasteiger partial charge in [0.15, 0.2) is 0 Å². The molecule has 3 aliphatic rings. The molecule has 2 saturated carbocycles. The molecule has 2 aromatic carbocycles. The summed E-state index contributed by atoms with van der Waals surface area (Å²) in [5.41, 5.74) is 3.01. The molecule has 42 heavy (non-hydrogen) atoms. The highest BCUT2D eigenvalue weighted by molar-refractivity contribution is 5.91. The van der Waals surface area contributed by atoms with Gasteiger partial charge in [-0.15, -0.1) is 10.1 Å². The van der Waals surface area contributed by atoms with Gasteiger partial charge in [-0.3, -0.25) is 9.59 Å². The molecule has 0 radical (unpaired) electrons. The van der Waals surface area contributed by atoms with Crippen molar-refractivity contribution in [3.8, 4) is 5.75 Å². The monoisotopic (exact) mass is 579 g/mol. The van der Waals surface area contributed by atoms with Crippen LogP contribution in [0.3, 0.4) is 0 Å². The van der Waals surface area contributed by atoms with Crippen molar-refractivity contribution >= 4 is 17.9 Å². The number of aryl methyl sites for hydroxylation is 1. The Morgan fingerprint density at radius 1 is 0.976 bits per heavy atom. The first kappa shape index (κ1) is 29.5. The standard InChI is InChI=1S/C32H37NO9/c1-32-17-16-25-24-11-9-23(41-31(36)21-6-3-2-4-7-21)20-22(24)8-10-26(25)27(32)12-13-28(32)42-30(35)15-14-29(34)39-18-5-19-40-33(37)38/h2-4,6-7,9,11,20,25-28H,5,8,10,12-19H2,1H3/t25-,26-,27+,28+,32+/m1/s1. The molecule has 224 valence electrons. The van der Waals surface area contributed by atoms with Gasteiger partial charge in [0.2, 0.25) is 0 Å². The molecule has 0 spiro atoms. The summed E-state index contributed by atoms with van der Waals surface area (Å²) in [4.78, 5) is 51.4. The van der Waals surface area contributed by atoms with Gasteiger partial charge in [-0.25, -0.2) is 4.79 Å². The molecule has 5 rings (SSSR count). The number of benzene rings is 2. The lowest BCUT2D eigenvalue weighted by molar-refractivity contribution is -0.757. The fourth-order valence-corrected chi connectivity index (χ4v) is 7.39. The van der Waals surface area contributed by atoms with Crippen LogP contribution in [-0.2, 0) is 30.3 Å². The van der Waals surface area contributed by atoms with Gasteiger partial charge in [0.05, 0.1) is 31.6 Å². The van der Waals surface area contributed by atoms with Crippen LogP contribution in [0.25, 0.3) is 0 Å². The SMILES string of the molecule is C[C@]12CC[C@@H]3c4ccc(OC(=O)c5ccccc5)cc4CC[C@H]3[C@@H]1CC[C@@H]2OC(=O)CCC(=O)OCCCO[N+](=O)[O-]. The maximum Gasteiger partial charge on any atom is 0.343 e. The highest BCUT2D eigenvalue weighted by Crippen LogP contribution is 2.61. The van der Waals surface area contributed by atoms with Crippen LogP contribution >= 0.6 is 0 Å². The minimum atomic E-state index is -0.894. The number of esters is 3. The Balaban J connectivity index is 1.13. The molecule has 10 nitrogen and oxygen atoms in total. The van der Waals surface area contributed by atoms with Crippen LogP contribution in [0.1, 0.15) is 85.7 Å². The Hall–Kier alpha value is -3.95. The Labute approximate surface area is 244 Å². The fraction of sp³-hybridized carbons (Fsp3) is 0.531. The lowest BCUT2D eigenvalue weighted by Gasteiger charge is -2.50. The largest absolute Gasteiger partial charge is 0.466 e. The zero-order valence-electron chi connectivity index (χ0n) is 23.8. The first-order valence-corrected chi connectivity index (χ1v) is 14.8. The summed E-state index contributed by atoms with van der Waals surface area (Å²) in [6.07, 6.45) is 5.64. The van der Waals surface area contributed by atoms with E-state index >= 15 is 0 Å². The first-order valence-electron chi connectivity index (χ1n) is 14.8. The predicted octanol–water partition coefficient (Wildman–Crippen LogP) is 5.60. The first-order chi connectivity index (χ1) is 20.2. The van der Waals surface area contributed by atoms with E-state index in [4.69, 9.17) is 14.2 Å². The third-order valence-corrected chi connectivity index (χ3v) is 9.39. The lowest BCUT2D eigenvalue weighted by Crippen LogP contribution is -2.45. The van der Waals surface area contributed by atoms with Crippen molar-refractivity contribution in [2.45, 2.75) is 76.7 Å². The summed E-state index contributed by atoms with van der Waals surface area (Å²) in [6, 6.07) is 15.0. The predicted molar refractivity (Wildman–Crippen MR) is 150 cm³/mol. The number of hydrogen-bond donors (Lipinski definition) is 0. The van der Waals surface area contributed by atoms with Crippen molar-refractivity contribution in [1.82, 2.24) is 0 Å². The van der Waals surface area contributed by atoms with Crippen LogP contribution in [0.2, 0.25) is 0 Å². The highest BCUT2D eigenvalue weighted by atomic mass is 16.9. The second-order valence-electron chi connectivity index (χ2n) is 11.8. The summed E-state index contributed by atoms with van der Waals surface area (Å²) in [5.74, 6) is 0.664. The number of fused-ring (bicyclic) bond motifs is 5. The Kier molecular flexibility index (Phi) is 9.09. The van der Waals surface area contributed by atoms with Crippen LogP contribution in [0, 0.1) is 27.4 Å². The number of nitrogens with zero attached hydrogens (tertiary/aromatic N) is 1. The molecule has 0 aliphatic heterocycles. The van der Waals surface area contributed by atoms with Crippen molar-refractivity contribution in [1.29, 1.82) is 0 Å². The number of rotatable bonds is 11. The summed E-state index contributed by atoms with van der Waals surface area (Å²) in [5, 5.41) is 9.24.